The Hall–Kier alpha value is -2.23. The van der Waals surface area contributed by atoms with E-state index in [9.17, 15) is 19.5 Å². The molecule has 1 N–H and O–H groups in total. The molecule has 0 unspecified atom stereocenters. The normalized spacial score (nSPS) is 13.3. The molecule has 0 saturated heterocycles. The number of aromatic hydroxyl groups is 1. The van der Waals surface area contributed by atoms with Crippen LogP contribution in [0.25, 0.3) is 5.57 Å². The van der Waals surface area contributed by atoms with Crippen LogP contribution in [0.2, 0.25) is 0 Å². The maximum atomic E-state index is 11.8. The number of aldehydes is 2. The topological polar surface area (TPSA) is 71.4 Å². The van der Waals surface area contributed by atoms with E-state index in [0.717, 1.165) is 0 Å². The van der Waals surface area contributed by atoms with Gasteiger partial charge in [-0.05, 0) is 31.1 Å². The molecule has 0 bridgehead atoms. The third kappa shape index (κ3) is 1.34. The number of allylic oxidation sites excluding steroid dienone is 2. The molecule has 0 saturated carbocycles. The fourth-order valence-corrected chi connectivity index (χ4v) is 2.22. The van der Waals surface area contributed by atoms with E-state index in [1.54, 1.807) is 13.8 Å². The number of ketones is 1. The first-order valence-corrected chi connectivity index (χ1v) is 5.05. The molecule has 1 aliphatic rings. The number of carbonyl (C=O) groups is 3. The number of benzene rings is 1. The zero-order chi connectivity index (χ0) is 12.7. The van der Waals surface area contributed by atoms with Crippen molar-refractivity contribution < 1.29 is 19.5 Å². The SMILES string of the molecule is CC1=CC(=O)c2c(C)c(C=O)c(O)c(C=O)c21. The highest BCUT2D eigenvalue weighted by atomic mass is 16.3. The minimum atomic E-state index is -0.353. The van der Waals surface area contributed by atoms with Gasteiger partial charge in [0.15, 0.2) is 18.4 Å². The zero-order valence-corrected chi connectivity index (χ0v) is 9.40. The second-order valence-electron chi connectivity index (χ2n) is 3.98. The van der Waals surface area contributed by atoms with E-state index in [-0.39, 0.29) is 22.7 Å². The van der Waals surface area contributed by atoms with E-state index < -0.39 is 0 Å². The second-order valence-corrected chi connectivity index (χ2v) is 3.98. The van der Waals surface area contributed by atoms with Crippen LogP contribution in [0, 0.1) is 6.92 Å². The standard InChI is InChI=1S/C13H10O4/c1-6-3-10(16)12-7(2)8(4-14)13(17)9(5-15)11(6)12/h3-5,17H,1-2H3. The Bertz CT molecular complexity index is 594. The van der Waals surface area contributed by atoms with Crippen LogP contribution in [0.5, 0.6) is 5.75 Å². The molecular weight excluding hydrogens is 220 g/mol. The van der Waals surface area contributed by atoms with Gasteiger partial charge in [0.2, 0.25) is 0 Å². The Morgan fingerprint density at radius 3 is 2.18 bits per heavy atom. The van der Waals surface area contributed by atoms with Crippen LogP contribution in [0.1, 0.15) is 49.1 Å². The summed E-state index contributed by atoms with van der Waals surface area (Å²) in [6, 6.07) is 0. The highest BCUT2D eigenvalue weighted by Crippen LogP contribution is 2.38. The van der Waals surface area contributed by atoms with Crippen LogP contribution in [-0.2, 0) is 0 Å². The lowest BCUT2D eigenvalue weighted by Gasteiger charge is -2.12. The molecule has 4 heteroatoms. The number of rotatable bonds is 2. The lowest BCUT2D eigenvalue weighted by atomic mass is 9.91. The van der Waals surface area contributed by atoms with Crippen molar-refractivity contribution in [2.45, 2.75) is 13.8 Å². The van der Waals surface area contributed by atoms with Crippen molar-refractivity contribution in [3.8, 4) is 5.75 Å². The van der Waals surface area contributed by atoms with Gasteiger partial charge in [-0.25, -0.2) is 0 Å². The fraction of sp³-hybridized carbons (Fsp3) is 0.154. The number of phenols is 1. The Balaban J connectivity index is 2.98. The maximum absolute atomic E-state index is 11.8. The van der Waals surface area contributed by atoms with Crippen LogP contribution in [-0.4, -0.2) is 23.5 Å². The van der Waals surface area contributed by atoms with E-state index >= 15 is 0 Å². The van der Waals surface area contributed by atoms with E-state index in [2.05, 4.69) is 0 Å². The molecule has 0 radical (unpaired) electrons. The van der Waals surface area contributed by atoms with Gasteiger partial charge in [-0.2, -0.15) is 0 Å². The van der Waals surface area contributed by atoms with E-state index in [1.807, 2.05) is 0 Å². The fourth-order valence-electron chi connectivity index (χ4n) is 2.22. The summed E-state index contributed by atoms with van der Waals surface area (Å²) in [4.78, 5) is 33.7. The van der Waals surface area contributed by atoms with Gasteiger partial charge in [0.05, 0.1) is 11.1 Å². The number of fused-ring (bicyclic) bond motifs is 1. The molecule has 0 aromatic heterocycles. The van der Waals surface area contributed by atoms with Gasteiger partial charge in [0, 0.05) is 11.1 Å². The number of hydrogen-bond donors (Lipinski definition) is 1. The molecule has 4 nitrogen and oxygen atoms in total. The third-order valence-corrected chi connectivity index (χ3v) is 3.03. The summed E-state index contributed by atoms with van der Waals surface area (Å²) in [5, 5.41) is 9.84. The summed E-state index contributed by atoms with van der Waals surface area (Å²) < 4.78 is 0. The van der Waals surface area contributed by atoms with Gasteiger partial charge in [0.25, 0.3) is 0 Å². The minimum Gasteiger partial charge on any atom is -0.506 e. The molecule has 0 amide bonds. The van der Waals surface area contributed by atoms with Crippen LogP contribution in [0.4, 0.5) is 0 Å². The lowest BCUT2D eigenvalue weighted by Crippen LogP contribution is -2.05. The van der Waals surface area contributed by atoms with Gasteiger partial charge in [-0.1, -0.05) is 0 Å². The van der Waals surface area contributed by atoms with Crippen LogP contribution >= 0.6 is 0 Å². The predicted octanol–water partition coefficient (Wildman–Crippen LogP) is 1.93. The van der Waals surface area contributed by atoms with Crippen molar-refractivity contribution >= 4 is 23.9 Å². The van der Waals surface area contributed by atoms with Crippen molar-refractivity contribution in [2.75, 3.05) is 0 Å². The summed E-state index contributed by atoms with van der Waals surface area (Å²) >= 11 is 0. The Kier molecular flexibility index (Phi) is 2.42. The molecule has 1 aliphatic carbocycles. The molecule has 0 spiro atoms. The predicted molar refractivity (Wildman–Crippen MR) is 61.6 cm³/mol. The monoisotopic (exact) mass is 230 g/mol. The highest BCUT2D eigenvalue weighted by molar-refractivity contribution is 6.20. The smallest absolute Gasteiger partial charge is 0.187 e. The Labute approximate surface area is 97.6 Å². The zero-order valence-electron chi connectivity index (χ0n) is 9.40. The molecule has 0 atom stereocenters. The van der Waals surface area contributed by atoms with Crippen LogP contribution < -0.4 is 0 Å². The van der Waals surface area contributed by atoms with Gasteiger partial charge in [0.1, 0.15) is 5.75 Å². The van der Waals surface area contributed by atoms with Gasteiger partial charge in [-0.15, -0.1) is 0 Å². The number of phenolic OH excluding ortho intramolecular Hbond substituents is 1. The lowest BCUT2D eigenvalue weighted by molar-refractivity contribution is 0.104. The molecule has 2 rings (SSSR count). The quantitative estimate of drug-likeness (QED) is 0.788. The summed E-state index contributed by atoms with van der Waals surface area (Å²) in [5.74, 6) is -0.588. The Morgan fingerprint density at radius 1 is 1.06 bits per heavy atom. The second kappa shape index (κ2) is 3.66. The number of carbonyl (C=O) groups excluding carboxylic acids is 3. The number of hydrogen-bond acceptors (Lipinski definition) is 4. The molecule has 1 aromatic carbocycles. The van der Waals surface area contributed by atoms with Gasteiger partial charge in [-0.3, -0.25) is 14.4 Å². The van der Waals surface area contributed by atoms with Crippen LogP contribution in [0.15, 0.2) is 6.08 Å². The van der Waals surface area contributed by atoms with Crippen molar-refractivity contribution in [3.05, 3.63) is 33.9 Å². The van der Waals surface area contributed by atoms with Gasteiger partial charge >= 0.3 is 0 Å². The summed E-state index contributed by atoms with van der Waals surface area (Å²) in [6.07, 6.45) is 2.33. The average Bonchev–Trinajstić information content (AvgIpc) is 2.56. The molecule has 0 fully saturated rings. The minimum absolute atomic E-state index is 0.00213. The molecule has 1 aromatic rings. The summed E-state index contributed by atoms with van der Waals surface area (Å²) in [6.45, 7) is 3.28. The third-order valence-electron chi connectivity index (χ3n) is 3.03. The molecule has 17 heavy (non-hydrogen) atoms. The van der Waals surface area contributed by atoms with Gasteiger partial charge < -0.3 is 5.11 Å². The van der Waals surface area contributed by atoms with E-state index in [1.165, 1.54) is 6.08 Å². The van der Waals surface area contributed by atoms with E-state index in [4.69, 9.17) is 0 Å². The first kappa shape index (κ1) is 11.3. The molecular formula is C13H10O4. The molecule has 0 aliphatic heterocycles. The molecule has 86 valence electrons. The van der Waals surface area contributed by atoms with Crippen molar-refractivity contribution in [1.82, 2.24) is 0 Å². The Morgan fingerprint density at radius 2 is 1.65 bits per heavy atom. The summed E-state index contributed by atoms with van der Waals surface area (Å²) in [5.41, 5.74) is 1.82. The first-order chi connectivity index (χ1) is 8.02. The van der Waals surface area contributed by atoms with Crippen LogP contribution in [0.3, 0.4) is 0 Å². The maximum Gasteiger partial charge on any atom is 0.187 e. The summed E-state index contributed by atoms with van der Waals surface area (Å²) in [7, 11) is 0. The highest BCUT2D eigenvalue weighted by Gasteiger charge is 2.28. The van der Waals surface area contributed by atoms with E-state index in [0.29, 0.717) is 34.8 Å². The first-order valence-electron chi connectivity index (χ1n) is 5.05. The largest absolute Gasteiger partial charge is 0.506 e. The van der Waals surface area contributed by atoms with Crippen molar-refractivity contribution in [3.63, 3.8) is 0 Å². The average molecular weight is 230 g/mol. The van der Waals surface area contributed by atoms with Crippen molar-refractivity contribution in [2.24, 2.45) is 0 Å². The molecule has 0 heterocycles. The van der Waals surface area contributed by atoms with Crippen molar-refractivity contribution in [1.29, 1.82) is 0 Å².